The smallest absolute Gasteiger partial charge is 0.0733 e. The zero-order valence-electron chi connectivity index (χ0n) is 16.0. The lowest BCUT2D eigenvalue weighted by Gasteiger charge is -2.15. The Kier molecular flexibility index (Phi) is 5.47. The van der Waals surface area contributed by atoms with E-state index in [1.807, 2.05) is 37.5 Å². The molecular weight excluding hydrogens is 344 g/mol. The van der Waals surface area contributed by atoms with E-state index in [1.165, 1.54) is 27.6 Å². The van der Waals surface area contributed by atoms with E-state index >= 15 is 0 Å². The van der Waals surface area contributed by atoms with Gasteiger partial charge >= 0.3 is 0 Å². The van der Waals surface area contributed by atoms with E-state index < -0.39 is 0 Å². The van der Waals surface area contributed by atoms with E-state index in [9.17, 15) is 0 Å². The van der Waals surface area contributed by atoms with Crippen LogP contribution in [-0.2, 0) is 18.0 Å². The third-order valence-electron chi connectivity index (χ3n) is 5.04. The third-order valence-corrected chi connectivity index (χ3v) is 5.04. The van der Waals surface area contributed by atoms with Crippen LogP contribution in [0.25, 0.3) is 21.9 Å². The normalized spacial score (nSPS) is 12.2. The highest BCUT2D eigenvalue weighted by molar-refractivity contribution is 5.91. The molecule has 0 aliphatic rings. The maximum atomic E-state index is 6.10. The molecule has 140 valence electrons. The van der Waals surface area contributed by atoms with Gasteiger partial charge in [0.25, 0.3) is 0 Å². The minimum atomic E-state index is 0.0328. The highest BCUT2D eigenvalue weighted by Crippen LogP contribution is 2.31. The molecule has 0 saturated heterocycles. The predicted octanol–water partition coefficient (Wildman–Crippen LogP) is 5.64. The molecule has 0 bridgehead atoms. The summed E-state index contributed by atoms with van der Waals surface area (Å²) < 4.78 is 6.10. The second-order valence-electron chi connectivity index (χ2n) is 7.08. The van der Waals surface area contributed by atoms with Crippen molar-refractivity contribution in [3.8, 4) is 11.1 Å². The molecule has 0 saturated carbocycles. The van der Waals surface area contributed by atoms with Crippen LogP contribution in [0.5, 0.6) is 0 Å². The van der Waals surface area contributed by atoms with E-state index in [2.05, 4.69) is 59.6 Å². The zero-order chi connectivity index (χ0) is 19.3. The molecule has 3 aromatic carbocycles. The molecule has 0 aliphatic carbocycles. The van der Waals surface area contributed by atoms with Gasteiger partial charge in [0.1, 0.15) is 0 Å². The van der Waals surface area contributed by atoms with Gasteiger partial charge in [-0.2, -0.15) is 0 Å². The molecular formula is C25H24N2O. The maximum Gasteiger partial charge on any atom is 0.0733 e. The molecule has 4 rings (SSSR count). The summed E-state index contributed by atoms with van der Waals surface area (Å²) in [6, 6.07) is 25.1. The number of nitrogens with two attached hydrogens (primary N) is 1. The SMILES string of the molecule is CC(N)c1ccc(-c2ccc3cnccc3c2COCc2ccccc2)cc1. The maximum absolute atomic E-state index is 6.10. The van der Waals surface area contributed by atoms with E-state index in [1.54, 1.807) is 0 Å². The van der Waals surface area contributed by atoms with Crippen molar-refractivity contribution in [2.24, 2.45) is 5.73 Å². The summed E-state index contributed by atoms with van der Waals surface area (Å²) in [5.74, 6) is 0. The number of pyridine rings is 1. The van der Waals surface area contributed by atoms with Crippen LogP contribution in [0.15, 0.2) is 85.2 Å². The van der Waals surface area contributed by atoms with Crippen LogP contribution in [0.4, 0.5) is 0 Å². The molecule has 1 atom stereocenters. The first kappa shape index (κ1) is 18.4. The lowest BCUT2D eigenvalue weighted by molar-refractivity contribution is 0.108. The Labute approximate surface area is 165 Å². The average Bonchev–Trinajstić information content (AvgIpc) is 2.74. The Bertz CT molecular complexity index is 1060. The number of hydrogen-bond acceptors (Lipinski definition) is 3. The molecule has 3 heteroatoms. The van der Waals surface area contributed by atoms with E-state index in [-0.39, 0.29) is 6.04 Å². The number of rotatable bonds is 6. The topological polar surface area (TPSA) is 48.1 Å². The van der Waals surface area contributed by atoms with Crippen molar-refractivity contribution in [2.75, 3.05) is 0 Å². The predicted molar refractivity (Wildman–Crippen MR) is 115 cm³/mol. The molecule has 0 aliphatic heterocycles. The largest absolute Gasteiger partial charge is 0.372 e. The fraction of sp³-hybridized carbons (Fsp3) is 0.160. The van der Waals surface area contributed by atoms with Crippen LogP contribution >= 0.6 is 0 Å². The van der Waals surface area contributed by atoms with Crippen molar-refractivity contribution >= 4 is 10.8 Å². The van der Waals surface area contributed by atoms with Crippen molar-refractivity contribution in [3.05, 3.63) is 102 Å². The van der Waals surface area contributed by atoms with Crippen LogP contribution in [0.3, 0.4) is 0 Å². The minimum Gasteiger partial charge on any atom is -0.372 e. The number of nitrogens with zero attached hydrogens (tertiary/aromatic N) is 1. The fourth-order valence-corrected chi connectivity index (χ4v) is 3.47. The lowest BCUT2D eigenvalue weighted by Crippen LogP contribution is -2.04. The van der Waals surface area contributed by atoms with Gasteiger partial charge in [-0.1, -0.05) is 66.7 Å². The molecule has 2 N–H and O–H groups in total. The summed E-state index contributed by atoms with van der Waals surface area (Å²) >= 11 is 0. The molecule has 0 fully saturated rings. The third kappa shape index (κ3) is 3.96. The second kappa shape index (κ2) is 8.34. The first-order valence-corrected chi connectivity index (χ1v) is 9.55. The van der Waals surface area contributed by atoms with Gasteiger partial charge in [0.2, 0.25) is 0 Å². The molecule has 0 amide bonds. The number of aromatic nitrogens is 1. The highest BCUT2D eigenvalue weighted by Gasteiger charge is 2.11. The van der Waals surface area contributed by atoms with Crippen molar-refractivity contribution in [2.45, 2.75) is 26.2 Å². The summed E-state index contributed by atoms with van der Waals surface area (Å²) in [7, 11) is 0. The Morgan fingerprint density at radius 1 is 0.893 bits per heavy atom. The molecule has 0 spiro atoms. The van der Waals surface area contributed by atoms with Crippen LogP contribution in [-0.4, -0.2) is 4.98 Å². The van der Waals surface area contributed by atoms with Crippen LogP contribution in [0, 0.1) is 0 Å². The molecule has 28 heavy (non-hydrogen) atoms. The minimum absolute atomic E-state index is 0.0328. The van der Waals surface area contributed by atoms with Crippen LogP contribution in [0.1, 0.15) is 29.7 Å². The highest BCUT2D eigenvalue weighted by atomic mass is 16.5. The van der Waals surface area contributed by atoms with Gasteiger partial charge in [-0.05, 0) is 46.2 Å². The van der Waals surface area contributed by atoms with Gasteiger partial charge in [0, 0.05) is 23.8 Å². The van der Waals surface area contributed by atoms with E-state index in [0.717, 1.165) is 10.9 Å². The molecule has 1 aromatic heterocycles. The Hall–Kier alpha value is -3.01. The summed E-state index contributed by atoms with van der Waals surface area (Å²) in [6.45, 7) is 3.13. The molecule has 1 unspecified atom stereocenters. The van der Waals surface area contributed by atoms with Crippen molar-refractivity contribution in [1.29, 1.82) is 0 Å². The molecule has 4 aromatic rings. The van der Waals surface area contributed by atoms with E-state index in [0.29, 0.717) is 13.2 Å². The van der Waals surface area contributed by atoms with Crippen molar-refractivity contribution in [3.63, 3.8) is 0 Å². The van der Waals surface area contributed by atoms with Crippen molar-refractivity contribution in [1.82, 2.24) is 4.98 Å². The number of benzene rings is 3. The molecule has 1 heterocycles. The van der Waals surface area contributed by atoms with Gasteiger partial charge in [0.05, 0.1) is 13.2 Å². The van der Waals surface area contributed by atoms with Gasteiger partial charge in [-0.25, -0.2) is 0 Å². The quantitative estimate of drug-likeness (QED) is 0.479. The Morgan fingerprint density at radius 2 is 1.68 bits per heavy atom. The first-order valence-electron chi connectivity index (χ1n) is 9.55. The van der Waals surface area contributed by atoms with Crippen LogP contribution in [0.2, 0.25) is 0 Å². The summed E-state index contributed by atoms with van der Waals surface area (Å²) in [5.41, 5.74) is 11.8. The van der Waals surface area contributed by atoms with Gasteiger partial charge < -0.3 is 10.5 Å². The molecule has 0 radical (unpaired) electrons. The van der Waals surface area contributed by atoms with E-state index in [4.69, 9.17) is 10.5 Å². The summed E-state index contributed by atoms with van der Waals surface area (Å²) in [5, 5.41) is 2.30. The number of ether oxygens (including phenoxy) is 1. The fourth-order valence-electron chi connectivity index (χ4n) is 3.47. The number of hydrogen-bond donors (Lipinski definition) is 1. The Balaban J connectivity index is 1.68. The Morgan fingerprint density at radius 3 is 2.43 bits per heavy atom. The lowest BCUT2D eigenvalue weighted by atomic mass is 9.94. The van der Waals surface area contributed by atoms with Gasteiger partial charge in [0.15, 0.2) is 0 Å². The second-order valence-corrected chi connectivity index (χ2v) is 7.08. The van der Waals surface area contributed by atoms with Gasteiger partial charge in [-0.3, -0.25) is 4.98 Å². The number of fused-ring (bicyclic) bond motifs is 1. The standard InChI is InChI=1S/C25H24N2O/c1-18(26)20-7-9-21(10-8-20)23-12-11-22-15-27-14-13-24(22)25(23)17-28-16-19-5-3-2-4-6-19/h2-15,18H,16-17,26H2,1H3. The van der Waals surface area contributed by atoms with Crippen molar-refractivity contribution < 1.29 is 4.74 Å². The zero-order valence-corrected chi connectivity index (χ0v) is 16.0. The average molecular weight is 368 g/mol. The first-order chi connectivity index (χ1) is 13.7. The van der Waals surface area contributed by atoms with Crippen LogP contribution < -0.4 is 5.73 Å². The molecule has 3 nitrogen and oxygen atoms in total. The monoisotopic (exact) mass is 368 g/mol. The summed E-state index contributed by atoms with van der Waals surface area (Å²) in [4.78, 5) is 4.26. The van der Waals surface area contributed by atoms with Gasteiger partial charge in [-0.15, -0.1) is 0 Å². The summed E-state index contributed by atoms with van der Waals surface area (Å²) in [6.07, 6.45) is 3.74.